The minimum atomic E-state index is -0.829. The molecule has 154 valence electrons. The topological polar surface area (TPSA) is 62.2 Å². The fourth-order valence-corrected chi connectivity index (χ4v) is 3.56. The Hall–Kier alpha value is -3.63. The molecule has 0 atom stereocenters. The van der Waals surface area contributed by atoms with E-state index in [0.29, 0.717) is 11.6 Å². The molecule has 0 radical (unpaired) electrons. The normalized spacial score (nSPS) is 11.1. The molecule has 0 saturated carbocycles. The van der Waals surface area contributed by atoms with Crippen molar-refractivity contribution in [2.75, 3.05) is 5.32 Å². The summed E-state index contributed by atoms with van der Waals surface area (Å²) >= 11 is 6.08. The van der Waals surface area contributed by atoms with Crippen LogP contribution in [0.25, 0.3) is 23.1 Å². The first kappa shape index (κ1) is 20.6. The largest absolute Gasteiger partial charge is 0.481 e. The van der Waals surface area contributed by atoms with Gasteiger partial charge in [-0.25, -0.2) is 4.98 Å². The monoisotopic (exact) mass is 428 g/mol. The van der Waals surface area contributed by atoms with Crippen LogP contribution >= 0.6 is 11.6 Å². The lowest BCUT2D eigenvalue weighted by Crippen LogP contribution is -2.07. The van der Waals surface area contributed by atoms with Gasteiger partial charge in [-0.1, -0.05) is 66.2 Å². The average Bonchev–Trinajstić information content (AvgIpc) is 2.77. The minimum Gasteiger partial charge on any atom is -0.481 e. The molecule has 0 spiro atoms. The zero-order chi connectivity index (χ0) is 21.6. The smallest absolute Gasteiger partial charge is 0.307 e. The van der Waals surface area contributed by atoms with Gasteiger partial charge < -0.3 is 10.4 Å². The molecule has 31 heavy (non-hydrogen) atoms. The predicted molar refractivity (Wildman–Crippen MR) is 127 cm³/mol. The van der Waals surface area contributed by atoms with Gasteiger partial charge in [-0.3, -0.25) is 4.79 Å². The molecule has 0 aliphatic carbocycles. The van der Waals surface area contributed by atoms with Crippen molar-refractivity contribution in [1.82, 2.24) is 4.98 Å². The molecule has 4 rings (SSSR count). The van der Waals surface area contributed by atoms with E-state index in [-0.39, 0.29) is 6.42 Å². The number of aromatic nitrogens is 1. The first-order chi connectivity index (χ1) is 15.1. The Balaban J connectivity index is 1.47. The van der Waals surface area contributed by atoms with Crippen molar-refractivity contribution in [3.63, 3.8) is 0 Å². The SMILES string of the molecule is O=C(O)Cc1ccccc1CNc1cccc(C=Cc2ccc3ccc(Cl)cc3n2)c1. The number of rotatable bonds is 7. The lowest BCUT2D eigenvalue weighted by atomic mass is 10.0. The summed E-state index contributed by atoms with van der Waals surface area (Å²) in [5.41, 5.74) is 5.52. The zero-order valence-corrected chi connectivity index (χ0v) is 17.5. The third-order valence-electron chi connectivity index (χ3n) is 4.95. The lowest BCUT2D eigenvalue weighted by molar-refractivity contribution is -0.136. The number of hydrogen-bond donors (Lipinski definition) is 2. The van der Waals surface area contributed by atoms with E-state index in [4.69, 9.17) is 16.7 Å². The molecule has 3 aromatic carbocycles. The van der Waals surface area contributed by atoms with Crippen LogP contribution in [0.15, 0.2) is 78.9 Å². The molecule has 1 aromatic heterocycles. The van der Waals surface area contributed by atoms with Crippen molar-refractivity contribution < 1.29 is 9.90 Å². The fourth-order valence-electron chi connectivity index (χ4n) is 3.40. The number of hydrogen-bond acceptors (Lipinski definition) is 3. The van der Waals surface area contributed by atoms with Gasteiger partial charge in [0.1, 0.15) is 0 Å². The van der Waals surface area contributed by atoms with Gasteiger partial charge in [0.15, 0.2) is 0 Å². The quantitative estimate of drug-likeness (QED) is 0.362. The molecule has 0 saturated heterocycles. The maximum atomic E-state index is 11.1. The second-order valence-electron chi connectivity index (χ2n) is 7.22. The van der Waals surface area contributed by atoms with E-state index in [2.05, 4.69) is 10.3 Å². The van der Waals surface area contributed by atoms with E-state index in [1.807, 2.05) is 91.0 Å². The number of nitrogens with one attached hydrogen (secondary N) is 1. The van der Waals surface area contributed by atoms with Gasteiger partial charge in [0, 0.05) is 22.6 Å². The first-order valence-electron chi connectivity index (χ1n) is 9.94. The van der Waals surface area contributed by atoms with Gasteiger partial charge in [-0.2, -0.15) is 0 Å². The van der Waals surface area contributed by atoms with Crippen LogP contribution in [0.5, 0.6) is 0 Å². The molecule has 5 heteroatoms. The van der Waals surface area contributed by atoms with Crippen LogP contribution in [0.3, 0.4) is 0 Å². The number of halogens is 1. The summed E-state index contributed by atoms with van der Waals surface area (Å²) in [6.07, 6.45) is 4.01. The Morgan fingerprint density at radius 3 is 2.58 bits per heavy atom. The summed E-state index contributed by atoms with van der Waals surface area (Å²) in [4.78, 5) is 15.7. The van der Waals surface area contributed by atoms with E-state index >= 15 is 0 Å². The summed E-state index contributed by atoms with van der Waals surface area (Å²) in [7, 11) is 0. The van der Waals surface area contributed by atoms with Crippen molar-refractivity contribution in [3.05, 3.63) is 106 Å². The van der Waals surface area contributed by atoms with Crippen LogP contribution in [0.2, 0.25) is 5.02 Å². The van der Waals surface area contributed by atoms with Gasteiger partial charge in [0.25, 0.3) is 0 Å². The minimum absolute atomic E-state index is 0.0185. The Labute approximate surface area is 185 Å². The summed E-state index contributed by atoms with van der Waals surface area (Å²) in [6, 6.07) is 25.3. The standard InChI is InChI=1S/C26H21ClN2O2/c27-22-11-9-19-10-13-23(29-25(19)16-22)12-8-18-4-3-7-24(14-18)28-17-21-6-2-1-5-20(21)15-26(30)31/h1-14,16,28H,15,17H2,(H,30,31). The van der Waals surface area contributed by atoms with Crippen molar-refractivity contribution in [2.24, 2.45) is 0 Å². The van der Waals surface area contributed by atoms with Gasteiger partial charge in [-0.15, -0.1) is 0 Å². The number of benzene rings is 3. The molecular formula is C26H21ClN2O2. The van der Waals surface area contributed by atoms with Crippen molar-refractivity contribution >= 4 is 46.3 Å². The summed E-state index contributed by atoms with van der Waals surface area (Å²) in [6.45, 7) is 0.559. The third kappa shape index (κ3) is 5.50. The Morgan fingerprint density at radius 2 is 1.74 bits per heavy atom. The fraction of sp³-hybridized carbons (Fsp3) is 0.0769. The number of carbonyl (C=O) groups is 1. The van der Waals surface area contributed by atoms with Crippen molar-refractivity contribution in [2.45, 2.75) is 13.0 Å². The number of pyridine rings is 1. The predicted octanol–water partition coefficient (Wildman–Crippen LogP) is 6.30. The van der Waals surface area contributed by atoms with Crippen LogP contribution in [-0.2, 0) is 17.8 Å². The highest BCUT2D eigenvalue weighted by Gasteiger charge is 2.06. The number of carboxylic acids is 1. The van der Waals surface area contributed by atoms with Gasteiger partial charge in [-0.05, 0) is 53.1 Å². The molecule has 0 bridgehead atoms. The number of anilines is 1. The van der Waals surface area contributed by atoms with Crippen LogP contribution < -0.4 is 5.32 Å². The summed E-state index contributed by atoms with van der Waals surface area (Å²) in [5.74, 6) is -0.829. The van der Waals surface area contributed by atoms with Gasteiger partial charge >= 0.3 is 5.97 Å². The molecule has 0 aliphatic heterocycles. The molecule has 0 aliphatic rings. The lowest BCUT2D eigenvalue weighted by Gasteiger charge is -2.11. The van der Waals surface area contributed by atoms with Gasteiger partial charge in [0.05, 0.1) is 17.6 Å². The highest BCUT2D eigenvalue weighted by molar-refractivity contribution is 6.31. The van der Waals surface area contributed by atoms with E-state index in [9.17, 15) is 4.79 Å². The molecule has 1 heterocycles. The number of fused-ring (bicyclic) bond motifs is 1. The Morgan fingerprint density at radius 1 is 0.935 bits per heavy atom. The summed E-state index contributed by atoms with van der Waals surface area (Å²) in [5, 5.41) is 14.2. The highest BCUT2D eigenvalue weighted by Crippen LogP contribution is 2.20. The maximum Gasteiger partial charge on any atom is 0.307 e. The second kappa shape index (κ2) is 9.45. The van der Waals surface area contributed by atoms with E-state index < -0.39 is 5.97 Å². The van der Waals surface area contributed by atoms with Crippen LogP contribution in [0.1, 0.15) is 22.4 Å². The molecule has 4 aromatic rings. The molecule has 4 nitrogen and oxygen atoms in total. The van der Waals surface area contributed by atoms with Crippen molar-refractivity contribution in [3.8, 4) is 0 Å². The number of carboxylic acid groups (broad SMARTS) is 1. The Kier molecular flexibility index (Phi) is 6.29. The van der Waals surface area contributed by atoms with Crippen LogP contribution in [0.4, 0.5) is 5.69 Å². The van der Waals surface area contributed by atoms with E-state index in [1.165, 1.54) is 0 Å². The summed E-state index contributed by atoms with van der Waals surface area (Å²) < 4.78 is 0. The third-order valence-corrected chi connectivity index (χ3v) is 5.19. The molecule has 2 N–H and O–H groups in total. The second-order valence-corrected chi connectivity index (χ2v) is 7.66. The van der Waals surface area contributed by atoms with Crippen LogP contribution in [0, 0.1) is 0 Å². The number of nitrogens with zero attached hydrogens (tertiary/aromatic N) is 1. The van der Waals surface area contributed by atoms with E-state index in [1.54, 1.807) is 0 Å². The Bertz CT molecular complexity index is 1270. The van der Waals surface area contributed by atoms with Crippen LogP contribution in [-0.4, -0.2) is 16.1 Å². The first-order valence-corrected chi connectivity index (χ1v) is 10.3. The molecule has 0 unspecified atom stereocenters. The van der Waals surface area contributed by atoms with E-state index in [0.717, 1.165) is 39.0 Å². The van der Waals surface area contributed by atoms with Gasteiger partial charge in [0.2, 0.25) is 0 Å². The average molecular weight is 429 g/mol. The van der Waals surface area contributed by atoms with Crippen molar-refractivity contribution in [1.29, 1.82) is 0 Å². The zero-order valence-electron chi connectivity index (χ0n) is 16.8. The molecular weight excluding hydrogens is 408 g/mol. The molecule has 0 amide bonds. The highest BCUT2D eigenvalue weighted by atomic mass is 35.5. The molecule has 0 fully saturated rings. The maximum absolute atomic E-state index is 11.1. The number of aliphatic carboxylic acids is 1.